The highest BCUT2D eigenvalue weighted by Crippen LogP contribution is 2.28. The Morgan fingerprint density at radius 3 is 2.74 bits per heavy atom. The first-order chi connectivity index (χ1) is 11.1. The Labute approximate surface area is 140 Å². The lowest BCUT2D eigenvalue weighted by Gasteiger charge is -2.33. The van der Waals surface area contributed by atoms with Gasteiger partial charge in [-0.3, -0.25) is 4.79 Å². The number of rotatable bonds is 2. The minimum absolute atomic E-state index is 0.126. The number of nitrogens with zero attached hydrogens (tertiary/aromatic N) is 1. The normalized spacial score (nSPS) is 18.0. The molecule has 3 rings (SSSR count). The van der Waals surface area contributed by atoms with Crippen LogP contribution < -0.4 is 5.73 Å². The minimum atomic E-state index is -0.142. The first-order valence-corrected chi connectivity index (χ1v) is 7.95. The smallest absolute Gasteiger partial charge is 0.257 e. The molecule has 0 aromatic heterocycles. The van der Waals surface area contributed by atoms with E-state index in [2.05, 4.69) is 0 Å². The fourth-order valence-electron chi connectivity index (χ4n) is 2.86. The number of ether oxygens (including phenoxy) is 1. The van der Waals surface area contributed by atoms with E-state index in [1.54, 1.807) is 17.0 Å². The van der Waals surface area contributed by atoms with Crippen LogP contribution in [0.25, 0.3) is 0 Å². The van der Waals surface area contributed by atoms with Crippen molar-refractivity contribution >= 4 is 23.2 Å². The zero-order valence-corrected chi connectivity index (χ0v) is 13.7. The molecule has 4 nitrogen and oxygen atoms in total. The molecular formula is C18H19ClN2O2. The number of aryl methyl sites for hydroxylation is 1. The Bertz CT molecular complexity index is 695. The van der Waals surface area contributed by atoms with E-state index in [1.807, 2.05) is 37.3 Å². The number of carbonyl (C=O) groups is 1. The first kappa shape index (κ1) is 15.8. The maximum Gasteiger partial charge on any atom is 0.257 e. The van der Waals surface area contributed by atoms with Gasteiger partial charge in [0, 0.05) is 12.2 Å². The number of anilines is 1. The molecule has 2 aromatic carbocycles. The number of nitrogen functional groups attached to an aromatic ring is 1. The summed E-state index contributed by atoms with van der Waals surface area (Å²) in [6, 6.07) is 13.4. The van der Waals surface area contributed by atoms with Crippen LogP contribution in [-0.2, 0) is 4.74 Å². The third-order valence-corrected chi connectivity index (χ3v) is 4.30. The number of amides is 1. The lowest BCUT2D eigenvalue weighted by molar-refractivity contribution is -0.0227. The molecule has 0 spiro atoms. The van der Waals surface area contributed by atoms with Crippen molar-refractivity contribution in [1.29, 1.82) is 0 Å². The van der Waals surface area contributed by atoms with Gasteiger partial charge in [-0.15, -0.1) is 0 Å². The summed E-state index contributed by atoms with van der Waals surface area (Å²) in [5.74, 6) is -0.142. The molecule has 2 N–H and O–H groups in total. The van der Waals surface area contributed by atoms with Crippen molar-refractivity contribution in [2.75, 3.05) is 25.4 Å². The quantitative estimate of drug-likeness (QED) is 0.858. The van der Waals surface area contributed by atoms with Crippen molar-refractivity contribution in [1.82, 2.24) is 4.90 Å². The Kier molecular flexibility index (Phi) is 4.55. The van der Waals surface area contributed by atoms with Gasteiger partial charge in [-0.1, -0.05) is 41.9 Å². The summed E-state index contributed by atoms with van der Waals surface area (Å²) in [5.41, 5.74) is 8.81. The van der Waals surface area contributed by atoms with Gasteiger partial charge in [-0.05, 0) is 30.2 Å². The van der Waals surface area contributed by atoms with Crippen molar-refractivity contribution in [3.63, 3.8) is 0 Å². The number of carbonyl (C=O) groups excluding carboxylic acids is 1. The molecule has 1 unspecified atom stereocenters. The standard InChI is InChI=1S/C18H19ClN2O2/c1-12-9-14(19)17(15(20)10-12)18(22)21-7-8-23-16(11-21)13-5-3-2-4-6-13/h2-6,9-10,16H,7-8,11,20H2,1H3. The second kappa shape index (κ2) is 6.60. The van der Waals surface area contributed by atoms with Gasteiger partial charge < -0.3 is 15.4 Å². The van der Waals surface area contributed by atoms with Crippen molar-refractivity contribution in [2.45, 2.75) is 13.0 Å². The molecule has 1 amide bonds. The summed E-state index contributed by atoms with van der Waals surface area (Å²) in [6.07, 6.45) is -0.126. The van der Waals surface area contributed by atoms with E-state index >= 15 is 0 Å². The van der Waals surface area contributed by atoms with Crippen LogP contribution in [0.2, 0.25) is 5.02 Å². The summed E-state index contributed by atoms with van der Waals surface area (Å²) < 4.78 is 5.80. The summed E-state index contributed by atoms with van der Waals surface area (Å²) in [7, 11) is 0. The lowest BCUT2D eigenvalue weighted by Crippen LogP contribution is -2.42. The molecule has 120 valence electrons. The molecule has 0 bridgehead atoms. The highest BCUT2D eigenvalue weighted by Gasteiger charge is 2.28. The average Bonchev–Trinajstić information content (AvgIpc) is 2.55. The highest BCUT2D eigenvalue weighted by atomic mass is 35.5. The van der Waals surface area contributed by atoms with E-state index in [0.29, 0.717) is 36.0 Å². The van der Waals surface area contributed by atoms with Crippen LogP contribution in [0.15, 0.2) is 42.5 Å². The molecule has 1 fully saturated rings. The second-order valence-electron chi connectivity index (χ2n) is 5.73. The molecule has 1 aliphatic rings. The van der Waals surface area contributed by atoms with Gasteiger partial charge in [0.05, 0.1) is 23.7 Å². The molecule has 1 atom stereocenters. The predicted molar refractivity (Wildman–Crippen MR) is 91.6 cm³/mol. The number of benzene rings is 2. The third kappa shape index (κ3) is 3.33. The van der Waals surface area contributed by atoms with Crippen LogP contribution in [0.1, 0.15) is 27.6 Å². The number of nitrogens with two attached hydrogens (primary N) is 1. The molecule has 1 aliphatic heterocycles. The Balaban J connectivity index is 1.83. The van der Waals surface area contributed by atoms with Crippen LogP contribution in [-0.4, -0.2) is 30.5 Å². The molecule has 2 aromatic rings. The highest BCUT2D eigenvalue weighted by molar-refractivity contribution is 6.34. The van der Waals surface area contributed by atoms with Crippen LogP contribution in [0.3, 0.4) is 0 Å². The average molecular weight is 331 g/mol. The van der Waals surface area contributed by atoms with Gasteiger partial charge in [0.1, 0.15) is 6.10 Å². The molecule has 0 saturated carbocycles. The summed E-state index contributed by atoms with van der Waals surface area (Å²) in [4.78, 5) is 14.6. The zero-order chi connectivity index (χ0) is 16.4. The summed E-state index contributed by atoms with van der Waals surface area (Å²) >= 11 is 6.24. The van der Waals surface area contributed by atoms with E-state index < -0.39 is 0 Å². The van der Waals surface area contributed by atoms with Gasteiger partial charge in [-0.25, -0.2) is 0 Å². The SMILES string of the molecule is Cc1cc(N)c(C(=O)N2CCOC(c3ccccc3)C2)c(Cl)c1. The summed E-state index contributed by atoms with van der Waals surface area (Å²) in [5, 5.41) is 0.398. The molecule has 0 aliphatic carbocycles. The van der Waals surface area contributed by atoms with Gasteiger partial charge in [0.15, 0.2) is 0 Å². The van der Waals surface area contributed by atoms with Crippen molar-refractivity contribution in [2.24, 2.45) is 0 Å². The van der Waals surface area contributed by atoms with Crippen molar-refractivity contribution in [3.05, 3.63) is 64.2 Å². The van der Waals surface area contributed by atoms with Crippen LogP contribution in [0, 0.1) is 6.92 Å². The number of hydrogen-bond acceptors (Lipinski definition) is 3. The van der Waals surface area contributed by atoms with E-state index in [4.69, 9.17) is 22.1 Å². The van der Waals surface area contributed by atoms with E-state index in [1.165, 1.54) is 0 Å². The fraction of sp³-hybridized carbons (Fsp3) is 0.278. The van der Waals surface area contributed by atoms with Crippen LogP contribution in [0.4, 0.5) is 5.69 Å². The Morgan fingerprint density at radius 1 is 1.30 bits per heavy atom. The number of halogens is 1. The molecule has 5 heteroatoms. The molecule has 1 heterocycles. The summed E-state index contributed by atoms with van der Waals surface area (Å²) in [6.45, 7) is 3.42. The van der Waals surface area contributed by atoms with Gasteiger partial charge >= 0.3 is 0 Å². The first-order valence-electron chi connectivity index (χ1n) is 7.57. The van der Waals surface area contributed by atoms with E-state index in [0.717, 1.165) is 11.1 Å². The van der Waals surface area contributed by atoms with Gasteiger partial charge in [0.2, 0.25) is 0 Å². The van der Waals surface area contributed by atoms with Crippen molar-refractivity contribution in [3.8, 4) is 0 Å². The zero-order valence-electron chi connectivity index (χ0n) is 13.0. The maximum absolute atomic E-state index is 12.8. The van der Waals surface area contributed by atoms with E-state index in [9.17, 15) is 4.79 Å². The third-order valence-electron chi connectivity index (χ3n) is 4.00. The number of morpholine rings is 1. The fourth-order valence-corrected chi connectivity index (χ4v) is 3.22. The largest absolute Gasteiger partial charge is 0.398 e. The maximum atomic E-state index is 12.8. The van der Waals surface area contributed by atoms with E-state index in [-0.39, 0.29) is 12.0 Å². The Hall–Kier alpha value is -2.04. The predicted octanol–water partition coefficient (Wildman–Crippen LogP) is 3.44. The van der Waals surface area contributed by atoms with Gasteiger partial charge in [0.25, 0.3) is 5.91 Å². The second-order valence-corrected chi connectivity index (χ2v) is 6.14. The molecule has 0 radical (unpaired) electrons. The lowest BCUT2D eigenvalue weighted by atomic mass is 10.1. The Morgan fingerprint density at radius 2 is 2.04 bits per heavy atom. The van der Waals surface area contributed by atoms with Crippen molar-refractivity contribution < 1.29 is 9.53 Å². The molecule has 1 saturated heterocycles. The minimum Gasteiger partial charge on any atom is -0.398 e. The topological polar surface area (TPSA) is 55.6 Å². The number of hydrogen-bond donors (Lipinski definition) is 1. The van der Waals surface area contributed by atoms with Gasteiger partial charge in [-0.2, -0.15) is 0 Å². The molecular weight excluding hydrogens is 312 g/mol. The molecule has 23 heavy (non-hydrogen) atoms. The van der Waals surface area contributed by atoms with Crippen LogP contribution >= 0.6 is 11.6 Å². The monoisotopic (exact) mass is 330 g/mol. The van der Waals surface area contributed by atoms with Crippen LogP contribution in [0.5, 0.6) is 0 Å².